The fourth-order valence-electron chi connectivity index (χ4n) is 2.75. The van der Waals surface area contributed by atoms with Crippen molar-refractivity contribution in [2.45, 2.75) is 38.6 Å². The summed E-state index contributed by atoms with van der Waals surface area (Å²) in [6, 6.07) is 8.12. The van der Waals surface area contributed by atoms with Crippen LogP contribution in [0.25, 0.3) is 0 Å². The van der Waals surface area contributed by atoms with Crippen molar-refractivity contribution >= 4 is 27.7 Å². The Kier molecular flexibility index (Phi) is 3.40. The molecule has 0 fully saturated rings. The quantitative estimate of drug-likeness (QED) is 0.850. The molecule has 110 valence electrons. The van der Waals surface area contributed by atoms with Crippen LogP contribution in [0.1, 0.15) is 44.2 Å². The van der Waals surface area contributed by atoms with E-state index in [0.717, 1.165) is 21.4 Å². The van der Waals surface area contributed by atoms with Crippen molar-refractivity contribution in [1.29, 1.82) is 0 Å². The average molecular weight is 348 g/mol. The minimum Gasteiger partial charge on any atom is -0.311 e. The van der Waals surface area contributed by atoms with E-state index in [2.05, 4.69) is 59.2 Å². The van der Waals surface area contributed by atoms with Crippen LogP contribution in [0.5, 0.6) is 0 Å². The number of rotatable bonds is 1. The number of carbonyl (C=O) groups is 1. The number of hydrogen-bond acceptors (Lipinski definition) is 2. The van der Waals surface area contributed by atoms with Gasteiger partial charge in [-0.1, -0.05) is 28.1 Å². The maximum absolute atomic E-state index is 12.1. The number of amides is 1. The van der Waals surface area contributed by atoms with Gasteiger partial charge < -0.3 is 5.32 Å². The summed E-state index contributed by atoms with van der Waals surface area (Å²) >= 11 is 3.50. The fourth-order valence-corrected chi connectivity index (χ4v) is 3.17. The number of nitrogens with one attached hydrogen (secondary N) is 1. The zero-order chi connectivity index (χ0) is 15.2. The second kappa shape index (κ2) is 4.98. The summed E-state index contributed by atoms with van der Waals surface area (Å²) in [5, 5.41) is 7.47. The Hall–Kier alpha value is -1.62. The van der Waals surface area contributed by atoms with Gasteiger partial charge in [0.05, 0.1) is 11.7 Å². The van der Waals surface area contributed by atoms with E-state index < -0.39 is 0 Å². The van der Waals surface area contributed by atoms with Crippen molar-refractivity contribution in [2.24, 2.45) is 0 Å². The molecule has 0 radical (unpaired) electrons. The van der Waals surface area contributed by atoms with Crippen molar-refractivity contribution in [3.05, 3.63) is 46.1 Å². The third kappa shape index (κ3) is 2.62. The van der Waals surface area contributed by atoms with Crippen LogP contribution in [0.15, 0.2) is 34.9 Å². The first kappa shape index (κ1) is 14.3. The van der Waals surface area contributed by atoms with E-state index in [4.69, 9.17) is 0 Å². The molecule has 1 aliphatic heterocycles. The number of carbonyl (C=O) groups excluding carboxylic acids is 1. The van der Waals surface area contributed by atoms with Crippen molar-refractivity contribution in [3.8, 4) is 0 Å². The van der Waals surface area contributed by atoms with Gasteiger partial charge in [-0.05, 0) is 38.5 Å². The van der Waals surface area contributed by atoms with Crippen LogP contribution in [0, 0.1) is 0 Å². The highest BCUT2D eigenvalue weighted by Gasteiger charge is 2.32. The van der Waals surface area contributed by atoms with Gasteiger partial charge in [0.15, 0.2) is 0 Å². The Morgan fingerprint density at radius 2 is 2.14 bits per heavy atom. The minimum absolute atomic E-state index is 0.0403. The van der Waals surface area contributed by atoms with Crippen LogP contribution >= 0.6 is 15.9 Å². The first-order chi connectivity index (χ1) is 9.86. The maximum atomic E-state index is 12.1. The summed E-state index contributed by atoms with van der Waals surface area (Å²) in [7, 11) is 0. The molecule has 4 nitrogen and oxygen atoms in total. The van der Waals surface area contributed by atoms with E-state index in [1.807, 2.05) is 23.0 Å². The molecule has 1 aromatic heterocycles. The predicted molar refractivity (Wildman–Crippen MR) is 86.5 cm³/mol. The number of hydrogen-bond donors (Lipinski definition) is 1. The molecule has 1 amide bonds. The smallest absolute Gasteiger partial charge is 0.226 e. The van der Waals surface area contributed by atoms with Crippen molar-refractivity contribution < 1.29 is 4.79 Å². The third-order valence-corrected chi connectivity index (χ3v) is 4.20. The second-order valence-corrected chi connectivity index (χ2v) is 7.31. The number of nitrogens with zero attached hydrogens (tertiary/aromatic N) is 2. The number of aromatic nitrogens is 2. The molecule has 3 rings (SSSR count). The molecule has 21 heavy (non-hydrogen) atoms. The molecular formula is C16H18BrN3O. The second-order valence-electron chi connectivity index (χ2n) is 6.39. The zero-order valence-corrected chi connectivity index (χ0v) is 13.9. The number of halogens is 1. The molecule has 0 unspecified atom stereocenters. The summed E-state index contributed by atoms with van der Waals surface area (Å²) < 4.78 is 2.92. The van der Waals surface area contributed by atoms with E-state index in [0.29, 0.717) is 6.42 Å². The standard InChI is InChI=1S/C16H18BrN3O/c1-16(2,3)20-15-13(9-18-20)12(8-14(21)19-15)10-5-4-6-11(17)7-10/h4-7,9,12H,8H2,1-3H3,(H,19,21)/t12-/m0/s1. The summed E-state index contributed by atoms with van der Waals surface area (Å²) in [5.41, 5.74) is 2.05. The van der Waals surface area contributed by atoms with Crippen LogP contribution in [0.2, 0.25) is 0 Å². The van der Waals surface area contributed by atoms with E-state index in [1.165, 1.54) is 0 Å². The normalized spacial score (nSPS) is 18.3. The Labute approximate surface area is 132 Å². The van der Waals surface area contributed by atoms with Crippen LogP contribution in [-0.4, -0.2) is 15.7 Å². The lowest BCUT2D eigenvalue weighted by Crippen LogP contribution is -2.30. The molecule has 0 saturated heterocycles. The lowest BCUT2D eigenvalue weighted by Gasteiger charge is -2.28. The number of anilines is 1. The van der Waals surface area contributed by atoms with Gasteiger partial charge in [-0.2, -0.15) is 5.10 Å². The van der Waals surface area contributed by atoms with Gasteiger partial charge >= 0.3 is 0 Å². The zero-order valence-electron chi connectivity index (χ0n) is 12.4. The lowest BCUT2D eigenvalue weighted by atomic mass is 9.87. The Morgan fingerprint density at radius 1 is 1.38 bits per heavy atom. The molecule has 0 saturated carbocycles. The highest BCUT2D eigenvalue weighted by atomic mass is 79.9. The van der Waals surface area contributed by atoms with Gasteiger partial charge in [-0.25, -0.2) is 4.68 Å². The molecule has 1 atom stereocenters. The van der Waals surface area contributed by atoms with Crippen LogP contribution in [-0.2, 0) is 10.3 Å². The van der Waals surface area contributed by atoms with Gasteiger partial charge in [0.25, 0.3) is 0 Å². The number of fused-ring (bicyclic) bond motifs is 1. The predicted octanol–water partition coefficient (Wildman–Crippen LogP) is 3.87. The van der Waals surface area contributed by atoms with Gasteiger partial charge in [0.1, 0.15) is 5.82 Å². The van der Waals surface area contributed by atoms with Crippen molar-refractivity contribution in [2.75, 3.05) is 5.32 Å². The molecule has 0 spiro atoms. The molecule has 1 aromatic carbocycles. The van der Waals surface area contributed by atoms with E-state index >= 15 is 0 Å². The Balaban J connectivity index is 2.11. The summed E-state index contributed by atoms with van der Waals surface area (Å²) in [6.45, 7) is 6.24. The summed E-state index contributed by atoms with van der Waals surface area (Å²) in [5.74, 6) is 0.921. The SMILES string of the molecule is CC(C)(C)n1ncc2c1NC(=O)C[C@H]2c1cccc(Br)c1. The van der Waals surface area contributed by atoms with E-state index in [-0.39, 0.29) is 17.4 Å². The molecule has 1 aliphatic rings. The van der Waals surface area contributed by atoms with Crippen LogP contribution < -0.4 is 5.32 Å². The highest BCUT2D eigenvalue weighted by molar-refractivity contribution is 9.10. The molecular weight excluding hydrogens is 330 g/mol. The molecule has 0 bridgehead atoms. The monoisotopic (exact) mass is 347 g/mol. The lowest BCUT2D eigenvalue weighted by molar-refractivity contribution is -0.116. The van der Waals surface area contributed by atoms with Gasteiger partial charge in [0, 0.05) is 22.4 Å². The average Bonchev–Trinajstić information content (AvgIpc) is 2.81. The van der Waals surface area contributed by atoms with Gasteiger partial charge in [-0.15, -0.1) is 0 Å². The minimum atomic E-state index is -0.167. The van der Waals surface area contributed by atoms with Crippen molar-refractivity contribution in [3.63, 3.8) is 0 Å². The van der Waals surface area contributed by atoms with Crippen LogP contribution in [0.3, 0.4) is 0 Å². The van der Waals surface area contributed by atoms with Gasteiger partial charge in [-0.3, -0.25) is 4.79 Å². The topological polar surface area (TPSA) is 46.9 Å². The summed E-state index contributed by atoms with van der Waals surface area (Å²) in [4.78, 5) is 12.1. The third-order valence-electron chi connectivity index (χ3n) is 3.71. The van der Waals surface area contributed by atoms with Crippen LogP contribution in [0.4, 0.5) is 5.82 Å². The molecule has 5 heteroatoms. The fraction of sp³-hybridized carbons (Fsp3) is 0.375. The Bertz CT molecular complexity index is 700. The largest absolute Gasteiger partial charge is 0.311 e. The maximum Gasteiger partial charge on any atom is 0.226 e. The number of benzene rings is 1. The molecule has 1 N–H and O–H groups in total. The first-order valence-electron chi connectivity index (χ1n) is 7.00. The molecule has 2 aromatic rings. The highest BCUT2D eigenvalue weighted by Crippen LogP contribution is 2.39. The van der Waals surface area contributed by atoms with Crippen molar-refractivity contribution in [1.82, 2.24) is 9.78 Å². The first-order valence-corrected chi connectivity index (χ1v) is 7.79. The molecule has 0 aliphatic carbocycles. The van der Waals surface area contributed by atoms with Gasteiger partial charge in [0.2, 0.25) is 5.91 Å². The van der Waals surface area contributed by atoms with E-state index in [9.17, 15) is 4.79 Å². The van der Waals surface area contributed by atoms with E-state index in [1.54, 1.807) is 0 Å². The summed E-state index contributed by atoms with van der Waals surface area (Å²) in [6.07, 6.45) is 2.34. The molecule has 2 heterocycles. The Morgan fingerprint density at radius 3 is 2.81 bits per heavy atom.